The lowest BCUT2D eigenvalue weighted by atomic mass is 9.80. The third-order valence-corrected chi connectivity index (χ3v) is 5.57. The molecule has 0 aliphatic rings. The molecule has 29 heavy (non-hydrogen) atoms. The van der Waals surface area contributed by atoms with Crippen molar-refractivity contribution in [2.24, 2.45) is 5.92 Å². The predicted molar refractivity (Wildman–Crippen MR) is 123 cm³/mol. The smallest absolute Gasteiger partial charge is 0.143 e. The lowest BCUT2D eigenvalue weighted by Crippen LogP contribution is -2.34. The van der Waals surface area contributed by atoms with Gasteiger partial charge in [-0.05, 0) is 29.0 Å². The van der Waals surface area contributed by atoms with E-state index in [2.05, 4.69) is 111 Å². The Labute approximate surface area is 176 Å². The predicted octanol–water partition coefficient (Wildman–Crippen LogP) is 7.38. The molecule has 0 aromatic heterocycles. The summed E-state index contributed by atoms with van der Waals surface area (Å²) < 4.78 is 6.90. The highest BCUT2D eigenvalue weighted by molar-refractivity contribution is 5.47. The Bertz CT molecular complexity index is 743. The quantitative estimate of drug-likeness (QED) is 0.190. The molecular weight excluding hydrogens is 352 g/mol. The first kappa shape index (κ1) is 21.1. The van der Waals surface area contributed by atoms with E-state index in [0.717, 1.165) is 23.1 Å². The second-order valence-electron chi connectivity index (χ2n) is 7.58. The first-order chi connectivity index (χ1) is 14.3. The number of hydrogen-bond donors (Lipinski definition) is 0. The molecular formula is C28H32O. The van der Waals surface area contributed by atoms with Crippen LogP contribution in [0.15, 0.2) is 104 Å². The van der Waals surface area contributed by atoms with Gasteiger partial charge in [0.05, 0.1) is 6.61 Å². The molecule has 0 aliphatic heterocycles. The van der Waals surface area contributed by atoms with Gasteiger partial charge in [0.1, 0.15) is 5.60 Å². The Balaban J connectivity index is 2.04. The number of rotatable bonds is 11. The molecule has 0 amide bonds. The van der Waals surface area contributed by atoms with Crippen molar-refractivity contribution in [3.63, 3.8) is 0 Å². The van der Waals surface area contributed by atoms with Crippen LogP contribution >= 0.6 is 0 Å². The van der Waals surface area contributed by atoms with E-state index in [4.69, 9.17) is 4.74 Å². The fraction of sp³-hybridized carbons (Fsp3) is 0.286. The lowest BCUT2D eigenvalue weighted by Gasteiger charge is -2.37. The molecule has 3 aromatic carbocycles. The Hall–Kier alpha value is -2.64. The first-order valence-electron chi connectivity index (χ1n) is 10.7. The van der Waals surface area contributed by atoms with Crippen LogP contribution in [0, 0.1) is 5.92 Å². The largest absolute Gasteiger partial charge is 0.360 e. The molecule has 3 aromatic rings. The topological polar surface area (TPSA) is 9.23 Å². The second-order valence-corrected chi connectivity index (χ2v) is 7.58. The van der Waals surface area contributed by atoms with Gasteiger partial charge in [-0.1, -0.05) is 123 Å². The summed E-state index contributed by atoms with van der Waals surface area (Å²) >= 11 is 0. The second kappa shape index (κ2) is 10.8. The average Bonchev–Trinajstić information content (AvgIpc) is 2.80. The van der Waals surface area contributed by atoms with E-state index in [1.807, 2.05) is 0 Å². The van der Waals surface area contributed by atoms with Gasteiger partial charge in [0, 0.05) is 0 Å². The molecule has 1 atom stereocenters. The highest BCUT2D eigenvalue weighted by Crippen LogP contribution is 2.41. The van der Waals surface area contributed by atoms with Gasteiger partial charge in [-0.25, -0.2) is 0 Å². The zero-order valence-electron chi connectivity index (χ0n) is 17.5. The van der Waals surface area contributed by atoms with E-state index >= 15 is 0 Å². The number of benzene rings is 3. The maximum atomic E-state index is 6.90. The Kier molecular flexibility index (Phi) is 7.84. The van der Waals surface area contributed by atoms with E-state index in [0.29, 0.717) is 12.5 Å². The molecule has 0 saturated carbocycles. The van der Waals surface area contributed by atoms with Crippen molar-refractivity contribution >= 4 is 0 Å². The SMILES string of the molecule is C=CC(CCCCC)COC(c1ccccc1)(c1ccccc1)c1ccccc1. The summed E-state index contributed by atoms with van der Waals surface area (Å²) in [4.78, 5) is 0. The minimum absolute atomic E-state index is 0.345. The van der Waals surface area contributed by atoms with Crippen LogP contribution in [0.25, 0.3) is 0 Å². The molecule has 1 unspecified atom stereocenters. The number of unbranched alkanes of at least 4 members (excludes halogenated alkanes) is 2. The monoisotopic (exact) mass is 384 g/mol. The Morgan fingerprint density at radius 3 is 1.59 bits per heavy atom. The summed E-state index contributed by atoms with van der Waals surface area (Å²) in [6.45, 7) is 6.96. The van der Waals surface area contributed by atoms with Gasteiger partial charge in [0.15, 0.2) is 0 Å². The molecule has 3 rings (SSSR count). The summed E-state index contributed by atoms with van der Waals surface area (Å²) in [6.07, 6.45) is 6.87. The van der Waals surface area contributed by atoms with E-state index in [1.54, 1.807) is 0 Å². The van der Waals surface area contributed by atoms with E-state index < -0.39 is 5.60 Å². The van der Waals surface area contributed by atoms with Gasteiger partial charge in [-0.2, -0.15) is 0 Å². The Morgan fingerprint density at radius 1 is 0.759 bits per heavy atom. The maximum Gasteiger partial charge on any atom is 0.143 e. The van der Waals surface area contributed by atoms with Crippen molar-refractivity contribution in [3.8, 4) is 0 Å². The molecule has 150 valence electrons. The van der Waals surface area contributed by atoms with Crippen molar-refractivity contribution < 1.29 is 4.74 Å². The minimum atomic E-state index is -0.643. The van der Waals surface area contributed by atoms with Crippen LogP contribution < -0.4 is 0 Å². The van der Waals surface area contributed by atoms with Gasteiger partial charge < -0.3 is 4.74 Å². The standard InChI is InChI=1S/C28H32O/c1-3-5-9-16-24(4-2)23-29-28(25-17-10-6-11-18-25,26-19-12-7-13-20-26)27-21-14-8-15-22-27/h4,6-8,10-15,17-22,24H,2-3,5,9,16,23H2,1H3. The van der Waals surface area contributed by atoms with Crippen LogP contribution in [0.1, 0.15) is 49.3 Å². The van der Waals surface area contributed by atoms with Crippen molar-refractivity contribution in [2.75, 3.05) is 6.61 Å². The molecule has 1 heteroatoms. The van der Waals surface area contributed by atoms with Crippen molar-refractivity contribution in [1.82, 2.24) is 0 Å². The lowest BCUT2D eigenvalue weighted by molar-refractivity contribution is -0.00212. The highest BCUT2D eigenvalue weighted by atomic mass is 16.5. The third-order valence-electron chi connectivity index (χ3n) is 5.57. The minimum Gasteiger partial charge on any atom is -0.360 e. The molecule has 0 fully saturated rings. The number of hydrogen-bond acceptors (Lipinski definition) is 1. The van der Waals surface area contributed by atoms with Gasteiger partial charge >= 0.3 is 0 Å². The maximum absolute atomic E-state index is 6.90. The van der Waals surface area contributed by atoms with E-state index in [9.17, 15) is 0 Å². The summed E-state index contributed by atoms with van der Waals surface area (Å²) in [6, 6.07) is 31.7. The van der Waals surface area contributed by atoms with Crippen LogP contribution in [0.4, 0.5) is 0 Å². The van der Waals surface area contributed by atoms with Gasteiger partial charge in [-0.3, -0.25) is 0 Å². The fourth-order valence-electron chi connectivity index (χ4n) is 3.93. The number of ether oxygens (including phenoxy) is 1. The van der Waals surface area contributed by atoms with Crippen molar-refractivity contribution in [2.45, 2.75) is 38.2 Å². The Morgan fingerprint density at radius 2 is 1.21 bits per heavy atom. The fourth-order valence-corrected chi connectivity index (χ4v) is 3.93. The summed E-state index contributed by atoms with van der Waals surface area (Å²) in [5.41, 5.74) is 2.80. The van der Waals surface area contributed by atoms with Crippen molar-refractivity contribution in [1.29, 1.82) is 0 Å². The van der Waals surface area contributed by atoms with E-state index in [-0.39, 0.29) is 0 Å². The summed E-state index contributed by atoms with van der Waals surface area (Å²) in [7, 11) is 0. The van der Waals surface area contributed by atoms with Gasteiger partial charge in [-0.15, -0.1) is 6.58 Å². The molecule has 0 radical (unpaired) electrons. The average molecular weight is 385 g/mol. The van der Waals surface area contributed by atoms with E-state index in [1.165, 1.54) is 19.3 Å². The normalized spacial score (nSPS) is 12.4. The van der Waals surface area contributed by atoms with Crippen molar-refractivity contribution in [3.05, 3.63) is 120 Å². The van der Waals surface area contributed by atoms with Crippen LogP contribution in [0.3, 0.4) is 0 Å². The molecule has 0 N–H and O–H groups in total. The molecule has 0 spiro atoms. The zero-order valence-corrected chi connectivity index (χ0v) is 17.5. The van der Waals surface area contributed by atoms with Gasteiger partial charge in [0.25, 0.3) is 0 Å². The molecule has 0 bridgehead atoms. The summed E-state index contributed by atoms with van der Waals surface area (Å²) in [5.74, 6) is 0.345. The van der Waals surface area contributed by atoms with Gasteiger partial charge in [0.2, 0.25) is 0 Å². The first-order valence-corrected chi connectivity index (χ1v) is 10.7. The highest BCUT2D eigenvalue weighted by Gasteiger charge is 2.37. The molecule has 0 saturated heterocycles. The molecule has 0 aliphatic carbocycles. The molecule has 0 heterocycles. The van der Waals surface area contributed by atoms with Crippen LogP contribution in [0.2, 0.25) is 0 Å². The third kappa shape index (κ3) is 5.05. The van der Waals surface area contributed by atoms with Crippen LogP contribution in [-0.2, 0) is 10.3 Å². The molecule has 1 nitrogen and oxygen atoms in total. The summed E-state index contributed by atoms with van der Waals surface area (Å²) in [5, 5.41) is 0. The van der Waals surface area contributed by atoms with Crippen LogP contribution in [0.5, 0.6) is 0 Å². The zero-order chi connectivity index (χ0) is 20.4. The van der Waals surface area contributed by atoms with Crippen LogP contribution in [-0.4, -0.2) is 6.61 Å².